The molecule has 0 unspecified atom stereocenters. The van der Waals surface area contributed by atoms with Gasteiger partial charge >= 0.3 is 0 Å². The van der Waals surface area contributed by atoms with Crippen LogP contribution >= 0.6 is 11.8 Å². The van der Waals surface area contributed by atoms with Gasteiger partial charge < -0.3 is 10.1 Å². The topological polar surface area (TPSA) is 81.9 Å². The van der Waals surface area contributed by atoms with Crippen molar-refractivity contribution in [2.24, 2.45) is 0 Å². The Hall–Kier alpha value is -2.71. The zero-order chi connectivity index (χ0) is 20.5. The quantitative estimate of drug-likeness (QED) is 0.517. The molecule has 7 nitrogen and oxygen atoms in total. The van der Waals surface area contributed by atoms with Crippen LogP contribution in [-0.4, -0.2) is 51.7 Å². The van der Waals surface area contributed by atoms with E-state index < -0.39 is 0 Å². The molecule has 2 aromatic heterocycles. The Morgan fingerprint density at radius 2 is 1.97 bits per heavy atom. The van der Waals surface area contributed by atoms with Crippen molar-refractivity contribution < 1.29 is 9.53 Å². The fraction of sp³-hybridized carbons (Fsp3) is 0.333. The van der Waals surface area contributed by atoms with Gasteiger partial charge in [0, 0.05) is 31.6 Å². The molecule has 0 atom stereocenters. The monoisotopic (exact) mass is 411 g/mol. The standard InChI is InChI=1S/C21H25N5O2S/c1-16-5-3-4-6-17(16)9-12-23-19(27)15-29-21-25-24-20(26(21)13-14-28-2)18-7-10-22-11-8-18/h3-8,10-11H,9,12-15H2,1-2H3,(H,23,27). The molecule has 0 spiro atoms. The molecule has 0 saturated carbocycles. The first-order chi connectivity index (χ1) is 14.2. The largest absolute Gasteiger partial charge is 0.383 e. The molecule has 1 aromatic carbocycles. The molecule has 0 radical (unpaired) electrons. The van der Waals surface area contributed by atoms with E-state index in [1.807, 2.05) is 28.8 Å². The van der Waals surface area contributed by atoms with Gasteiger partial charge in [-0.05, 0) is 36.6 Å². The summed E-state index contributed by atoms with van der Waals surface area (Å²) < 4.78 is 7.19. The molecule has 0 bridgehead atoms. The van der Waals surface area contributed by atoms with Crippen molar-refractivity contribution in [2.45, 2.75) is 25.0 Å². The maximum atomic E-state index is 12.3. The van der Waals surface area contributed by atoms with Gasteiger partial charge in [0.1, 0.15) is 0 Å². The van der Waals surface area contributed by atoms with Gasteiger partial charge in [-0.15, -0.1) is 10.2 Å². The molecule has 152 valence electrons. The van der Waals surface area contributed by atoms with Crippen molar-refractivity contribution in [1.29, 1.82) is 0 Å². The molecule has 8 heteroatoms. The number of nitrogens with zero attached hydrogens (tertiary/aromatic N) is 4. The summed E-state index contributed by atoms with van der Waals surface area (Å²) in [7, 11) is 1.66. The number of thioether (sulfide) groups is 1. The molecular weight excluding hydrogens is 386 g/mol. The van der Waals surface area contributed by atoms with Crippen molar-refractivity contribution in [3.63, 3.8) is 0 Å². The number of pyridine rings is 1. The van der Waals surface area contributed by atoms with Crippen LogP contribution in [0.25, 0.3) is 11.4 Å². The second-order valence-corrected chi connectivity index (χ2v) is 7.44. The zero-order valence-corrected chi connectivity index (χ0v) is 17.5. The number of rotatable bonds is 10. The number of aromatic nitrogens is 4. The van der Waals surface area contributed by atoms with E-state index in [1.54, 1.807) is 19.5 Å². The van der Waals surface area contributed by atoms with E-state index in [2.05, 4.69) is 39.6 Å². The smallest absolute Gasteiger partial charge is 0.230 e. The number of aryl methyl sites for hydroxylation is 1. The van der Waals surface area contributed by atoms with E-state index in [1.165, 1.54) is 22.9 Å². The fourth-order valence-electron chi connectivity index (χ4n) is 2.90. The normalized spacial score (nSPS) is 10.8. The maximum absolute atomic E-state index is 12.3. The Balaban J connectivity index is 1.57. The Kier molecular flexibility index (Phi) is 7.77. The Morgan fingerprint density at radius 3 is 2.72 bits per heavy atom. The number of methoxy groups -OCH3 is 1. The fourth-order valence-corrected chi connectivity index (χ4v) is 3.70. The number of amides is 1. The lowest BCUT2D eigenvalue weighted by Crippen LogP contribution is -2.27. The van der Waals surface area contributed by atoms with Gasteiger partial charge in [0.05, 0.1) is 18.9 Å². The minimum absolute atomic E-state index is 0.0182. The summed E-state index contributed by atoms with van der Waals surface area (Å²) in [4.78, 5) is 16.3. The number of ether oxygens (including phenoxy) is 1. The first-order valence-electron chi connectivity index (χ1n) is 9.45. The van der Waals surface area contributed by atoms with Gasteiger partial charge in [-0.1, -0.05) is 36.0 Å². The Morgan fingerprint density at radius 1 is 1.17 bits per heavy atom. The number of carbonyl (C=O) groups is 1. The highest BCUT2D eigenvalue weighted by molar-refractivity contribution is 7.99. The van der Waals surface area contributed by atoms with Crippen LogP contribution in [-0.2, 0) is 22.5 Å². The SMILES string of the molecule is COCCn1c(SCC(=O)NCCc2ccccc2C)nnc1-c1ccncc1. The van der Waals surface area contributed by atoms with E-state index in [-0.39, 0.29) is 11.7 Å². The summed E-state index contributed by atoms with van der Waals surface area (Å²) >= 11 is 1.38. The first kappa shape index (κ1) is 21.0. The predicted octanol–water partition coefficient (Wildman–Crippen LogP) is 2.75. The summed E-state index contributed by atoms with van der Waals surface area (Å²) in [6.07, 6.45) is 4.26. The number of hydrogen-bond donors (Lipinski definition) is 1. The van der Waals surface area contributed by atoms with E-state index in [0.29, 0.717) is 24.9 Å². The van der Waals surface area contributed by atoms with Crippen molar-refractivity contribution in [2.75, 3.05) is 26.0 Å². The second-order valence-electron chi connectivity index (χ2n) is 6.50. The highest BCUT2D eigenvalue weighted by Gasteiger charge is 2.15. The lowest BCUT2D eigenvalue weighted by Gasteiger charge is -2.10. The molecule has 0 aliphatic heterocycles. The average Bonchev–Trinajstić information content (AvgIpc) is 3.15. The molecule has 2 heterocycles. The molecule has 0 saturated heterocycles. The second kappa shape index (κ2) is 10.7. The van der Waals surface area contributed by atoms with Gasteiger partial charge in [-0.3, -0.25) is 14.3 Å². The van der Waals surface area contributed by atoms with Gasteiger partial charge in [0.15, 0.2) is 11.0 Å². The maximum Gasteiger partial charge on any atom is 0.230 e. The third-order valence-corrected chi connectivity index (χ3v) is 5.45. The van der Waals surface area contributed by atoms with Crippen LogP contribution in [0, 0.1) is 6.92 Å². The molecule has 29 heavy (non-hydrogen) atoms. The van der Waals surface area contributed by atoms with Crippen molar-refractivity contribution in [1.82, 2.24) is 25.1 Å². The molecule has 0 aliphatic rings. The third-order valence-electron chi connectivity index (χ3n) is 4.48. The van der Waals surface area contributed by atoms with Gasteiger partial charge in [-0.2, -0.15) is 0 Å². The van der Waals surface area contributed by atoms with Crippen molar-refractivity contribution >= 4 is 17.7 Å². The Bertz CT molecular complexity index is 930. The van der Waals surface area contributed by atoms with E-state index in [4.69, 9.17) is 4.74 Å². The molecule has 3 aromatic rings. The average molecular weight is 412 g/mol. The number of benzene rings is 1. The minimum Gasteiger partial charge on any atom is -0.383 e. The van der Waals surface area contributed by atoms with Gasteiger partial charge in [0.2, 0.25) is 5.91 Å². The molecule has 1 amide bonds. The molecule has 0 fully saturated rings. The molecule has 1 N–H and O–H groups in total. The zero-order valence-electron chi connectivity index (χ0n) is 16.7. The highest BCUT2D eigenvalue weighted by atomic mass is 32.2. The van der Waals surface area contributed by atoms with Crippen LogP contribution in [0.1, 0.15) is 11.1 Å². The Labute approximate surface area is 174 Å². The summed E-state index contributed by atoms with van der Waals surface area (Å²) in [5.41, 5.74) is 3.42. The van der Waals surface area contributed by atoms with E-state index >= 15 is 0 Å². The van der Waals surface area contributed by atoms with E-state index in [9.17, 15) is 4.79 Å². The minimum atomic E-state index is -0.0182. The summed E-state index contributed by atoms with van der Waals surface area (Å²) in [6, 6.07) is 12.0. The predicted molar refractivity (Wildman–Crippen MR) is 114 cm³/mol. The lowest BCUT2D eigenvalue weighted by molar-refractivity contribution is -0.118. The summed E-state index contributed by atoms with van der Waals surface area (Å²) in [5.74, 6) is 1.01. The van der Waals surface area contributed by atoms with Crippen LogP contribution < -0.4 is 5.32 Å². The van der Waals surface area contributed by atoms with Crippen LogP contribution in [0.2, 0.25) is 0 Å². The van der Waals surface area contributed by atoms with Crippen LogP contribution in [0.3, 0.4) is 0 Å². The number of hydrogen-bond acceptors (Lipinski definition) is 6. The van der Waals surface area contributed by atoms with E-state index in [0.717, 1.165) is 17.8 Å². The molecule has 0 aliphatic carbocycles. The van der Waals surface area contributed by atoms with Crippen LogP contribution in [0.5, 0.6) is 0 Å². The van der Waals surface area contributed by atoms with Gasteiger partial charge in [0.25, 0.3) is 0 Å². The van der Waals surface area contributed by atoms with Gasteiger partial charge in [-0.25, -0.2) is 0 Å². The van der Waals surface area contributed by atoms with Crippen molar-refractivity contribution in [3.05, 3.63) is 59.9 Å². The van der Waals surface area contributed by atoms with Crippen LogP contribution in [0.15, 0.2) is 53.9 Å². The molecular formula is C21H25N5O2S. The number of carbonyl (C=O) groups excluding carboxylic acids is 1. The molecule has 3 rings (SSSR count). The summed E-state index contributed by atoms with van der Waals surface area (Å²) in [5, 5.41) is 12.3. The third kappa shape index (κ3) is 5.88. The lowest BCUT2D eigenvalue weighted by atomic mass is 10.1. The van der Waals surface area contributed by atoms with Crippen molar-refractivity contribution in [3.8, 4) is 11.4 Å². The number of nitrogens with one attached hydrogen (secondary N) is 1. The van der Waals surface area contributed by atoms with Crippen LogP contribution in [0.4, 0.5) is 0 Å². The summed E-state index contributed by atoms with van der Waals surface area (Å²) in [6.45, 7) is 3.84. The highest BCUT2D eigenvalue weighted by Crippen LogP contribution is 2.23. The first-order valence-corrected chi connectivity index (χ1v) is 10.4.